The van der Waals surface area contributed by atoms with Gasteiger partial charge in [-0.1, -0.05) is 17.6 Å². The minimum atomic E-state index is -5.35. The smallest absolute Gasteiger partial charge is 0.445 e. The molecule has 0 amide bonds. The summed E-state index contributed by atoms with van der Waals surface area (Å²) in [4.78, 5) is 10.7. The fraction of sp³-hybridized carbons (Fsp3) is 0.125. The van der Waals surface area contributed by atoms with Crippen molar-refractivity contribution in [2.24, 2.45) is 0 Å². The van der Waals surface area contributed by atoms with Gasteiger partial charge in [0.15, 0.2) is 5.78 Å². The van der Waals surface area contributed by atoms with Crippen LogP contribution in [0.15, 0.2) is 18.2 Å². The van der Waals surface area contributed by atoms with Crippen LogP contribution in [0.25, 0.3) is 0 Å². The highest BCUT2D eigenvalue weighted by molar-refractivity contribution is 6.73. The molecule has 0 heterocycles. The van der Waals surface area contributed by atoms with E-state index in [4.69, 9.17) is 0 Å². The second-order valence-corrected chi connectivity index (χ2v) is 2.87. The van der Waals surface area contributed by atoms with Crippen LogP contribution in [0.2, 0.25) is 0 Å². The lowest BCUT2D eigenvalue weighted by Gasteiger charge is -2.15. The Bertz CT molecular complexity index is 372. The molecule has 0 radical (unpaired) electrons. The maximum atomic E-state index is 12.8. The lowest BCUT2D eigenvalue weighted by atomic mass is 9.79. The summed E-state index contributed by atoms with van der Waals surface area (Å²) in [6.07, 6.45) is 0. The van der Waals surface area contributed by atoms with Crippen molar-refractivity contribution >= 4 is 18.2 Å². The van der Waals surface area contributed by atoms with Crippen molar-refractivity contribution in [2.45, 2.75) is 6.92 Å². The van der Waals surface area contributed by atoms with E-state index >= 15 is 0 Å². The predicted molar refractivity (Wildman–Crippen MR) is 45.1 cm³/mol. The number of ketones is 1. The van der Waals surface area contributed by atoms with Gasteiger partial charge in [-0.05, 0) is 13.0 Å². The molecule has 1 nitrogen and oxygen atoms in total. The van der Waals surface area contributed by atoms with Crippen molar-refractivity contribution < 1.29 is 22.1 Å². The largest absolute Gasteiger partial charge is 0.512 e. The molecule has 0 atom stereocenters. The third kappa shape index (κ3) is 2.13. The van der Waals surface area contributed by atoms with Gasteiger partial charge in [-0.25, -0.2) is 4.39 Å². The van der Waals surface area contributed by atoms with Gasteiger partial charge in [0.25, 0.3) is 0 Å². The van der Waals surface area contributed by atoms with Crippen molar-refractivity contribution in [3.05, 3.63) is 29.6 Å². The summed E-state index contributed by atoms with van der Waals surface area (Å²) in [7, 11) is 0. The molecule has 0 spiro atoms. The fourth-order valence-electron chi connectivity index (χ4n) is 1.01. The summed E-state index contributed by atoms with van der Waals surface area (Å²) in [6, 6.07) is 2.16. The fourth-order valence-corrected chi connectivity index (χ4v) is 1.01. The summed E-state index contributed by atoms with van der Waals surface area (Å²) in [5.74, 6) is -1.87. The second-order valence-electron chi connectivity index (χ2n) is 2.87. The normalized spacial score (nSPS) is 11.5. The molecule has 0 saturated carbocycles. The Hall–Kier alpha value is -1.33. The third-order valence-corrected chi connectivity index (χ3v) is 1.76. The van der Waals surface area contributed by atoms with Crippen LogP contribution in [-0.4, -0.2) is 12.8 Å². The molecule has 0 N–H and O–H groups in total. The van der Waals surface area contributed by atoms with E-state index in [1.807, 2.05) is 0 Å². The van der Waals surface area contributed by atoms with Crippen molar-refractivity contribution in [1.29, 1.82) is 0 Å². The molecule has 0 aliphatic carbocycles. The van der Waals surface area contributed by atoms with Crippen LogP contribution in [0, 0.1) is 5.82 Å². The van der Waals surface area contributed by atoms with Crippen LogP contribution < -0.4 is 5.46 Å². The molecule has 0 aliphatic heterocycles. The van der Waals surface area contributed by atoms with E-state index in [0.29, 0.717) is 12.1 Å². The van der Waals surface area contributed by atoms with Crippen molar-refractivity contribution in [1.82, 2.24) is 0 Å². The number of carbonyl (C=O) groups is 1. The Labute approximate surface area is 77.8 Å². The molecule has 1 aromatic carbocycles. The topological polar surface area (TPSA) is 17.1 Å². The third-order valence-electron chi connectivity index (χ3n) is 1.76. The maximum Gasteiger partial charge on any atom is 0.512 e. The number of carbonyl (C=O) groups excluding carboxylic acids is 1. The lowest BCUT2D eigenvalue weighted by molar-refractivity contribution is 0.101. The summed E-state index contributed by atoms with van der Waals surface area (Å²) in [5.41, 5.74) is -1.36. The van der Waals surface area contributed by atoms with E-state index in [1.165, 1.54) is 0 Å². The molecular formula is C8H6BF4O-. The minimum Gasteiger partial charge on any atom is -0.445 e. The zero-order valence-corrected chi connectivity index (χ0v) is 7.23. The number of benzene rings is 1. The molecule has 0 aliphatic rings. The van der Waals surface area contributed by atoms with E-state index in [1.54, 1.807) is 0 Å². The highest BCUT2D eigenvalue weighted by atomic mass is 19.4. The van der Waals surface area contributed by atoms with Crippen molar-refractivity contribution in [2.75, 3.05) is 0 Å². The van der Waals surface area contributed by atoms with Gasteiger partial charge < -0.3 is 12.9 Å². The Morgan fingerprint density at radius 3 is 2.21 bits per heavy atom. The number of halogens is 4. The van der Waals surface area contributed by atoms with Crippen LogP contribution in [0.4, 0.5) is 17.3 Å². The van der Waals surface area contributed by atoms with Gasteiger partial charge in [-0.3, -0.25) is 4.79 Å². The van der Waals surface area contributed by atoms with Gasteiger partial charge in [0.2, 0.25) is 0 Å². The van der Waals surface area contributed by atoms with E-state index < -0.39 is 24.0 Å². The van der Waals surface area contributed by atoms with Gasteiger partial charge >= 0.3 is 6.98 Å². The zero-order valence-electron chi connectivity index (χ0n) is 7.23. The van der Waals surface area contributed by atoms with E-state index in [9.17, 15) is 22.1 Å². The number of Topliss-reactive ketones (excluding diaryl/α,β-unsaturated/α-hetero) is 1. The van der Waals surface area contributed by atoms with Crippen LogP contribution in [0.3, 0.4) is 0 Å². The van der Waals surface area contributed by atoms with Gasteiger partial charge in [0, 0.05) is 5.56 Å². The Morgan fingerprint density at radius 2 is 1.86 bits per heavy atom. The molecule has 1 rings (SSSR count). The number of rotatable bonds is 2. The predicted octanol–water partition coefficient (Wildman–Crippen LogP) is 2.08. The highest BCUT2D eigenvalue weighted by Gasteiger charge is 2.28. The van der Waals surface area contributed by atoms with E-state index in [2.05, 4.69) is 0 Å². The standard InChI is InChI=1S/C8H6BF4O/c1-5(14)6-2-3-7(8(10)4-6)9(11,12)13/h2-4H,1H3/q-1. The molecule has 14 heavy (non-hydrogen) atoms. The average Bonchev–Trinajstić information content (AvgIpc) is 2.01. The van der Waals surface area contributed by atoms with Gasteiger partial charge in [-0.2, -0.15) is 0 Å². The number of hydrogen-bond donors (Lipinski definition) is 0. The number of hydrogen-bond acceptors (Lipinski definition) is 1. The van der Waals surface area contributed by atoms with Crippen LogP contribution in [-0.2, 0) is 0 Å². The molecule has 76 valence electrons. The van der Waals surface area contributed by atoms with Gasteiger partial charge in [-0.15, -0.1) is 0 Å². The van der Waals surface area contributed by atoms with Crippen molar-refractivity contribution in [3.63, 3.8) is 0 Å². The molecular weight excluding hydrogens is 199 g/mol. The molecule has 0 saturated heterocycles. The first kappa shape index (κ1) is 10.8. The molecule has 6 heteroatoms. The van der Waals surface area contributed by atoms with E-state index in [0.717, 1.165) is 13.0 Å². The molecule has 0 unspecified atom stereocenters. The van der Waals surface area contributed by atoms with Crippen LogP contribution in [0.1, 0.15) is 17.3 Å². The average molecular weight is 205 g/mol. The van der Waals surface area contributed by atoms with Gasteiger partial charge in [0.05, 0.1) is 5.82 Å². The first-order valence-corrected chi connectivity index (χ1v) is 3.82. The lowest BCUT2D eigenvalue weighted by Crippen LogP contribution is -2.36. The molecule has 1 aromatic rings. The summed E-state index contributed by atoms with van der Waals surface area (Å²) < 4.78 is 49.2. The van der Waals surface area contributed by atoms with Crippen LogP contribution >= 0.6 is 0 Å². The van der Waals surface area contributed by atoms with Crippen molar-refractivity contribution in [3.8, 4) is 0 Å². The minimum absolute atomic E-state index is 0.0636. The second kappa shape index (κ2) is 3.44. The monoisotopic (exact) mass is 205 g/mol. The first-order valence-electron chi connectivity index (χ1n) is 3.82. The summed E-state index contributed by atoms with van der Waals surface area (Å²) in [5, 5.41) is 0. The van der Waals surface area contributed by atoms with Gasteiger partial charge in [0.1, 0.15) is 0 Å². The summed E-state index contributed by atoms with van der Waals surface area (Å²) >= 11 is 0. The molecule has 0 bridgehead atoms. The first-order chi connectivity index (χ1) is 6.32. The molecule has 0 aromatic heterocycles. The Morgan fingerprint density at radius 1 is 1.29 bits per heavy atom. The quantitative estimate of drug-likeness (QED) is 0.410. The Balaban J connectivity index is 3.21. The molecule has 0 fully saturated rings. The zero-order chi connectivity index (χ0) is 10.9. The SMILES string of the molecule is CC(=O)c1ccc([B-](F)(F)F)c(F)c1. The maximum absolute atomic E-state index is 12.8. The van der Waals surface area contributed by atoms with Crippen LogP contribution in [0.5, 0.6) is 0 Å². The Kier molecular flexibility index (Phi) is 2.64. The summed E-state index contributed by atoms with van der Waals surface area (Å²) in [6.45, 7) is -4.19. The van der Waals surface area contributed by atoms with E-state index in [-0.39, 0.29) is 5.56 Å². The highest BCUT2D eigenvalue weighted by Crippen LogP contribution is 2.13.